The summed E-state index contributed by atoms with van der Waals surface area (Å²) in [6, 6.07) is 7.51. The van der Waals surface area contributed by atoms with Crippen LogP contribution in [-0.4, -0.2) is 16.9 Å². The number of fused-ring (bicyclic) bond motifs is 1. The van der Waals surface area contributed by atoms with Gasteiger partial charge in [-0.3, -0.25) is 9.59 Å². The molecule has 1 atom stereocenters. The summed E-state index contributed by atoms with van der Waals surface area (Å²) in [5.74, 6) is -1.24. The summed E-state index contributed by atoms with van der Waals surface area (Å²) < 4.78 is 0. The number of carbonyl (C=O) groups excluding carboxylic acids is 1. The van der Waals surface area contributed by atoms with Crippen LogP contribution in [0.5, 0.6) is 0 Å². The van der Waals surface area contributed by atoms with E-state index in [4.69, 9.17) is 5.11 Å². The lowest BCUT2D eigenvalue weighted by Crippen LogP contribution is -2.17. The minimum absolute atomic E-state index is 0.00417. The number of hydrogen-bond acceptors (Lipinski definition) is 2. The average Bonchev–Trinajstić information content (AvgIpc) is 2.40. The summed E-state index contributed by atoms with van der Waals surface area (Å²) >= 11 is 0. The molecule has 2 rings (SSSR count). The molecule has 16 heavy (non-hydrogen) atoms. The van der Waals surface area contributed by atoms with E-state index in [9.17, 15) is 9.59 Å². The van der Waals surface area contributed by atoms with Crippen LogP contribution in [-0.2, 0) is 11.2 Å². The van der Waals surface area contributed by atoms with Crippen LogP contribution in [0.4, 0.5) is 0 Å². The Kier molecular flexibility index (Phi) is 3.04. The number of aliphatic carboxylic acids is 1. The normalized spacial score (nSPS) is 20.0. The lowest BCUT2D eigenvalue weighted by molar-refractivity contribution is -0.137. The van der Waals surface area contributed by atoms with Crippen molar-refractivity contribution in [3.63, 3.8) is 0 Å². The zero-order valence-corrected chi connectivity index (χ0v) is 8.98. The van der Waals surface area contributed by atoms with Crippen LogP contribution < -0.4 is 0 Å². The Labute approximate surface area is 94.1 Å². The Balaban J connectivity index is 2.30. The number of carboxylic acid groups (broad SMARTS) is 1. The molecule has 3 heteroatoms. The van der Waals surface area contributed by atoms with E-state index in [1.165, 1.54) is 0 Å². The molecule has 1 unspecified atom stereocenters. The Hall–Kier alpha value is -1.64. The maximum atomic E-state index is 12.1. The molecule has 1 N–H and O–H groups in total. The van der Waals surface area contributed by atoms with E-state index < -0.39 is 5.97 Å². The lowest BCUT2D eigenvalue weighted by atomic mass is 9.92. The van der Waals surface area contributed by atoms with Crippen LogP contribution in [0.25, 0.3) is 0 Å². The monoisotopic (exact) mass is 218 g/mol. The van der Waals surface area contributed by atoms with Crippen LogP contribution >= 0.6 is 0 Å². The van der Waals surface area contributed by atoms with Crippen molar-refractivity contribution < 1.29 is 14.7 Å². The Morgan fingerprint density at radius 3 is 2.88 bits per heavy atom. The first-order valence-electron chi connectivity index (χ1n) is 5.52. The molecule has 0 spiro atoms. The van der Waals surface area contributed by atoms with Crippen molar-refractivity contribution >= 4 is 11.8 Å². The molecule has 0 saturated heterocycles. The molecule has 1 aromatic rings. The van der Waals surface area contributed by atoms with Gasteiger partial charge in [-0.1, -0.05) is 24.3 Å². The Morgan fingerprint density at radius 2 is 2.12 bits per heavy atom. The van der Waals surface area contributed by atoms with E-state index in [1.54, 1.807) is 6.07 Å². The number of ketones is 1. The maximum Gasteiger partial charge on any atom is 0.304 e. The fourth-order valence-electron chi connectivity index (χ4n) is 2.27. The highest BCUT2D eigenvalue weighted by atomic mass is 16.4. The number of benzene rings is 1. The van der Waals surface area contributed by atoms with E-state index in [2.05, 4.69) is 0 Å². The highest BCUT2D eigenvalue weighted by Crippen LogP contribution is 2.26. The molecule has 3 nitrogen and oxygen atoms in total. The third-order valence-electron chi connectivity index (χ3n) is 3.07. The number of rotatable bonds is 2. The molecule has 0 amide bonds. The minimum Gasteiger partial charge on any atom is -0.481 e. The molecule has 0 radical (unpaired) electrons. The quantitative estimate of drug-likeness (QED) is 0.775. The van der Waals surface area contributed by atoms with Crippen molar-refractivity contribution in [1.29, 1.82) is 0 Å². The Bertz CT molecular complexity index is 423. The standard InChI is InChI=1S/C13H14O3/c14-12(15)8-10-6-3-5-9-4-1-2-7-11(9)13(10)16/h1-2,4,7,10H,3,5-6,8H2,(H,14,15). The first-order chi connectivity index (χ1) is 7.68. The van der Waals surface area contributed by atoms with Crippen LogP contribution in [0.2, 0.25) is 0 Å². The van der Waals surface area contributed by atoms with Crippen molar-refractivity contribution in [1.82, 2.24) is 0 Å². The van der Waals surface area contributed by atoms with Gasteiger partial charge in [0.2, 0.25) is 0 Å². The van der Waals surface area contributed by atoms with Crippen molar-refractivity contribution in [2.75, 3.05) is 0 Å². The van der Waals surface area contributed by atoms with E-state index in [1.807, 2.05) is 18.2 Å². The maximum absolute atomic E-state index is 12.1. The highest BCUT2D eigenvalue weighted by Gasteiger charge is 2.26. The molecule has 0 fully saturated rings. The van der Waals surface area contributed by atoms with E-state index >= 15 is 0 Å². The van der Waals surface area contributed by atoms with Crippen molar-refractivity contribution in [2.24, 2.45) is 5.92 Å². The molecule has 1 aromatic carbocycles. The topological polar surface area (TPSA) is 54.4 Å². The lowest BCUT2D eigenvalue weighted by Gasteiger charge is -2.10. The van der Waals surface area contributed by atoms with Gasteiger partial charge in [-0.25, -0.2) is 0 Å². The SMILES string of the molecule is O=C(O)CC1CCCc2ccccc2C1=O. The number of hydrogen-bond donors (Lipinski definition) is 1. The van der Waals surface area contributed by atoms with Gasteiger partial charge in [0.05, 0.1) is 6.42 Å². The molecule has 84 valence electrons. The molecule has 0 aromatic heterocycles. The van der Waals surface area contributed by atoms with Crippen LogP contribution in [0.3, 0.4) is 0 Å². The van der Waals surface area contributed by atoms with Gasteiger partial charge in [-0.05, 0) is 24.8 Å². The van der Waals surface area contributed by atoms with E-state index in [-0.39, 0.29) is 18.1 Å². The van der Waals surface area contributed by atoms with Gasteiger partial charge in [0.1, 0.15) is 0 Å². The molecule has 1 aliphatic carbocycles. The van der Waals surface area contributed by atoms with Gasteiger partial charge >= 0.3 is 5.97 Å². The highest BCUT2D eigenvalue weighted by molar-refractivity contribution is 6.00. The van der Waals surface area contributed by atoms with Crippen molar-refractivity contribution in [3.05, 3.63) is 35.4 Å². The summed E-state index contributed by atoms with van der Waals surface area (Å²) in [5, 5.41) is 8.77. The van der Waals surface area contributed by atoms with Gasteiger partial charge in [-0.15, -0.1) is 0 Å². The fraction of sp³-hybridized carbons (Fsp3) is 0.385. The predicted molar refractivity (Wildman–Crippen MR) is 59.5 cm³/mol. The number of carboxylic acids is 1. The van der Waals surface area contributed by atoms with Gasteiger partial charge in [0.15, 0.2) is 5.78 Å². The number of carbonyl (C=O) groups is 2. The Morgan fingerprint density at radius 1 is 1.38 bits per heavy atom. The van der Waals surface area contributed by atoms with Crippen LogP contribution in [0, 0.1) is 5.92 Å². The second-order valence-electron chi connectivity index (χ2n) is 4.21. The number of aryl methyl sites for hydroxylation is 1. The third-order valence-corrected chi connectivity index (χ3v) is 3.07. The van der Waals surface area contributed by atoms with Crippen molar-refractivity contribution in [3.8, 4) is 0 Å². The molecular weight excluding hydrogens is 204 g/mol. The first kappa shape index (κ1) is 10.9. The van der Waals surface area contributed by atoms with Crippen LogP contribution in [0.15, 0.2) is 24.3 Å². The van der Waals surface area contributed by atoms with Gasteiger partial charge < -0.3 is 5.11 Å². The fourth-order valence-corrected chi connectivity index (χ4v) is 2.27. The molecule has 0 bridgehead atoms. The second kappa shape index (κ2) is 4.47. The zero-order valence-electron chi connectivity index (χ0n) is 8.98. The summed E-state index contributed by atoms with van der Waals surface area (Å²) in [6.07, 6.45) is 2.39. The summed E-state index contributed by atoms with van der Waals surface area (Å²) in [6.45, 7) is 0. The molecule has 0 heterocycles. The first-order valence-corrected chi connectivity index (χ1v) is 5.52. The largest absolute Gasteiger partial charge is 0.481 e. The van der Waals surface area contributed by atoms with Crippen molar-refractivity contribution in [2.45, 2.75) is 25.7 Å². The summed E-state index contributed by atoms with van der Waals surface area (Å²) in [4.78, 5) is 22.8. The van der Waals surface area contributed by atoms with E-state index in [0.717, 1.165) is 18.4 Å². The molecule has 0 aliphatic heterocycles. The molecular formula is C13H14O3. The van der Waals surface area contributed by atoms with E-state index in [0.29, 0.717) is 12.0 Å². The third kappa shape index (κ3) is 2.13. The zero-order chi connectivity index (χ0) is 11.5. The second-order valence-corrected chi connectivity index (χ2v) is 4.21. The number of Topliss-reactive ketones (excluding diaryl/α,β-unsaturated/α-hetero) is 1. The summed E-state index contributed by atoms with van der Waals surface area (Å²) in [5.41, 5.74) is 1.77. The minimum atomic E-state index is -0.891. The van der Waals surface area contributed by atoms with Gasteiger partial charge in [0, 0.05) is 11.5 Å². The predicted octanol–water partition coefficient (Wildman–Crippen LogP) is 2.30. The smallest absolute Gasteiger partial charge is 0.304 e. The average molecular weight is 218 g/mol. The summed E-state index contributed by atoms with van der Waals surface area (Å²) in [7, 11) is 0. The van der Waals surface area contributed by atoms with Gasteiger partial charge in [-0.2, -0.15) is 0 Å². The molecule has 0 saturated carbocycles. The van der Waals surface area contributed by atoms with Gasteiger partial charge in [0.25, 0.3) is 0 Å². The van der Waals surface area contributed by atoms with Crippen LogP contribution in [0.1, 0.15) is 35.2 Å². The molecule has 1 aliphatic rings.